The van der Waals surface area contributed by atoms with Crippen molar-refractivity contribution in [2.45, 2.75) is 39.7 Å². The minimum absolute atomic E-state index is 0.327. The van der Waals surface area contributed by atoms with Gasteiger partial charge in [-0.05, 0) is 32.4 Å². The molecule has 3 nitrogen and oxygen atoms in total. The molecule has 1 aromatic heterocycles. The van der Waals surface area contributed by atoms with Gasteiger partial charge in [0.2, 0.25) is 0 Å². The highest BCUT2D eigenvalue weighted by molar-refractivity contribution is 5.48. The predicted molar refractivity (Wildman–Crippen MR) is 83.6 cm³/mol. The molecule has 1 rings (SSSR count). The lowest BCUT2D eigenvalue weighted by molar-refractivity contribution is 0.567. The van der Waals surface area contributed by atoms with Crippen molar-refractivity contribution in [3.8, 4) is 0 Å². The summed E-state index contributed by atoms with van der Waals surface area (Å²) in [5, 5.41) is 3.54. The molecule has 0 saturated heterocycles. The Morgan fingerprint density at radius 1 is 1.42 bits per heavy atom. The van der Waals surface area contributed by atoms with E-state index >= 15 is 0 Å². The predicted octanol–water partition coefficient (Wildman–Crippen LogP) is 3.54. The highest BCUT2D eigenvalue weighted by Crippen LogP contribution is 2.24. The van der Waals surface area contributed by atoms with Crippen LogP contribution in [0.1, 0.15) is 45.2 Å². The van der Waals surface area contributed by atoms with Crippen molar-refractivity contribution in [1.82, 2.24) is 10.3 Å². The lowest BCUT2D eigenvalue weighted by Crippen LogP contribution is -2.28. The maximum atomic E-state index is 4.58. The zero-order chi connectivity index (χ0) is 14.1. The topological polar surface area (TPSA) is 28.2 Å². The average molecular weight is 261 g/mol. The summed E-state index contributed by atoms with van der Waals surface area (Å²) in [7, 11) is 0. The van der Waals surface area contributed by atoms with E-state index in [9.17, 15) is 0 Å². The van der Waals surface area contributed by atoms with Gasteiger partial charge < -0.3 is 10.2 Å². The summed E-state index contributed by atoms with van der Waals surface area (Å²) in [6.45, 7) is 13.3. The Hall–Kier alpha value is -1.35. The van der Waals surface area contributed by atoms with Gasteiger partial charge in [-0.1, -0.05) is 26.0 Å². The van der Waals surface area contributed by atoms with Crippen molar-refractivity contribution in [3.63, 3.8) is 0 Å². The van der Waals surface area contributed by atoms with Crippen LogP contribution < -0.4 is 10.2 Å². The number of hydrogen-bond donors (Lipinski definition) is 1. The van der Waals surface area contributed by atoms with Gasteiger partial charge in [-0.2, -0.15) is 0 Å². The molecular weight excluding hydrogens is 234 g/mol. The second-order valence-corrected chi connectivity index (χ2v) is 4.83. The van der Waals surface area contributed by atoms with Crippen molar-refractivity contribution in [1.29, 1.82) is 0 Å². The molecule has 0 saturated carbocycles. The highest BCUT2D eigenvalue weighted by Gasteiger charge is 2.15. The van der Waals surface area contributed by atoms with Crippen LogP contribution in [0.4, 0.5) is 5.82 Å². The molecule has 3 heteroatoms. The molecule has 0 radical (unpaired) electrons. The van der Waals surface area contributed by atoms with Gasteiger partial charge in [0.1, 0.15) is 5.82 Å². The Labute approximate surface area is 117 Å². The van der Waals surface area contributed by atoms with Gasteiger partial charge in [0.05, 0.1) is 0 Å². The fourth-order valence-corrected chi connectivity index (χ4v) is 2.19. The van der Waals surface area contributed by atoms with E-state index in [1.165, 1.54) is 5.56 Å². The summed E-state index contributed by atoms with van der Waals surface area (Å²) < 4.78 is 0. The molecule has 1 N–H and O–H groups in total. The second-order valence-electron chi connectivity index (χ2n) is 4.83. The number of rotatable bonds is 9. The van der Waals surface area contributed by atoms with E-state index in [4.69, 9.17) is 0 Å². The van der Waals surface area contributed by atoms with Gasteiger partial charge in [-0.15, -0.1) is 6.58 Å². The third-order valence-corrected chi connectivity index (χ3v) is 3.13. The number of aromatic nitrogens is 1. The minimum Gasteiger partial charge on any atom is -0.353 e. The normalized spacial score (nSPS) is 12.2. The van der Waals surface area contributed by atoms with E-state index in [1.54, 1.807) is 0 Å². The first-order chi connectivity index (χ1) is 9.24. The zero-order valence-corrected chi connectivity index (χ0v) is 12.5. The zero-order valence-electron chi connectivity index (χ0n) is 12.5. The molecule has 1 heterocycles. The number of hydrogen-bond acceptors (Lipinski definition) is 3. The van der Waals surface area contributed by atoms with Crippen LogP contribution in [0.15, 0.2) is 31.0 Å². The Morgan fingerprint density at radius 2 is 2.21 bits per heavy atom. The molecule has 0 aromatic carbocycles. The molecule has 0 bridgehead atoms. The minimum atomic E-state index is 0.327. The van der Waals surface area contributed by atoms with Gasteiger partial charge in [-0.3, -0.25) is 0 Å². The molecule has 1 unspecified atom stereocenters. The SMILES string of the molecule is C=CCN(CCC)c1ncccc1C(C)NCCC. The maximum absolute atomic E-state index is 4.58. The van der Waals surface area contributed by atoms with Crippen molar-refractivity contribution in [3.05, 3.63) is 36.5 Å². The number of nitrogens with one attached hydrogen (secondary N) is 1. The lowest BCUT2D eigenvalue weighted by Gasteiger charge is -2.26. The summed E-state index contributed by atoms with van der Waals surface area (Å²) >= 11 is 0. The first-order valence-corrected chi connectivity index (χ1v) is 7.28. The van der Waals surface area contributed by atoms with Crippen molar-refractivity contribution >= 4 is 5.82 Å². The average Bonchev–Trinajstić information content (AvgIpc) is 2.44. The van der Waals surface area contributed by atoms with Gasteiger partial charge in [0.15, 0.2) is 0 Å². The number of anilines is 1. The van der Waals surface area contributed by atoms with Crippen LogP contribution in [-0.4, -0.2) is 24.6 Å². The molecule has 1 aromatic rings. The van der Waals surface area contributed by atoms with Gasteiger partial charge in [-0.25, -0.2) is 4.98 Å². The third-order valence-electron chi connectivity index (χ3n) is 3.13. The second kappa shape index (κ2) is 8.70. The third kappa shape index (κ3) is 4.67. The lowest BCUT2D eigenvalue weighted by atomic mass is 10.1. The first kappa shape index (κ1) is 15.7. The van der Waals surface area contributed by atoms with Crippen LogP contribution in [0, 0.1) is 0 Å². The Kier molecular flexibility index (Phi) is 7.19. The molecule has 0 aliphatic carbocycles. The molecule has 0 aliphatic heterocycles. The Bertz CT molecular complexity index is 376. The fraction of sp³-hybridized carbons (Fsp3) is 0.562. The molecule has 19 heavy (non-hydrogen) atoms. The van der Waals surface area contributed by atoms with Crippen LogP contribution in [-0.2, 0) is 0 Å². The number of nitrogens with zero attached hydrogens (tertiary/aromatic N) is 2. The standard InChI is InChI=1S/C16H27N3/c1-5-10-17-14(4)15-9-8-11-18-16(15)19(12-6-2)13-7-3/h6,8-9,11,14,17H,2,5,7,10,12-13H2,1,3-4H3. The summed E-state index contributed by atoms with van der Waals surface area (Å²) in [5.41, 5.74) is 1.27. The van der Waals surface area contributed by atoms with Gasteiger partial charge in [0.25, 0.3) is 0 Å². The van der Waals surface area contributed by atoms with Crippen LogP contribution in [0.2, 0.25) is 0 Å². The smallest absolute Gasteiger partial charge is 0.133 e. The molecule has 1 atom stereocenters. The molecule has 106 valence electrons. The largest absolute Gasteiger partial charge is 0.353 e. The van der Waals surface area contributed by atoms with Crippen LogP contribution in [0.25, 0.3) is 0 Å². The summed E-state index contributed by atoms with van der Waals surface area (Å²) in [4.78, 5) is 6.88. The van der Waals surface area contributed by atoms with Crippen LogP contribution in [0.3, 0.4) is 0 Å². The van der Waals surface area contributed by atoms with Crippen molar-refractivity contribution < 1.29 is 0 Å². The fourth-order valence-electron chi connectivity index (χ4n) is 2.19. The van der Waals surface area contributed by atoms with Crippen LogP contribution in [0.5, 0.6) is 0 Å². The maximum Gasteiger partial charge on any atom is 0.133 e. The summed E-state index contributed by atoms with van der Waals surface area (Å²) in [6.07, 6.45) is 6.07. The molecule has 0 spiro atoms. The van der Waals surface area contributed by atoms with E-state index < -0.39 is 0 Å². The van der Waals surface area contributed by atoms with E-state index in [2.05, 4.69) is 48.6 Å². The van der Waals surface area contributed by atoms with Crippen LogP contribution >= 0.6 is 0 Å². The molecule has 0 aliphatic rings. The summed E-state index contributed by atoms with van der Waals surface area (Å²) in [6, 6.07) is 4.51. The molecule has 0 fully saturated rings. The van der Waals surface area contributed by atoms with Gasteiger partial charge in [0, 0.05) is 30.9 Å². The van der Waals surface area contributed by atoms with E-state index in [-0.39, 0.29) is 0 Å². The van der Waals surface area contributed by atoms with E-state index in [1.807, 2.05) is 18.3 Å². The Balaban J connectivity index is 2.94. The quantitative estimate of drug-likeness (QED) is 0.689. The van der Waals surface area contributed by atoms with Crippen molar-refractivity contribution in [2.24, 2.45) is 0 Å². The summed E-state index contributed by atoms with van der Waals surface area (Å²) in [5.74, 6) is 1.08. The van der Waals surface area contributed by atoms with Crippen molar-refractivity contribution in [2.75, 3.05) is 24.5 Å². The molecular formula is C16H27N3. The van der Waals surface area contributed by atoms with E-state index in [0.29, 0.717) is 6.04 Å². The Morgan fingerprint density at radius 3 is 2.84 bits per heavy atom. The monoisotopic (exact) mass is 261 g/mol. The van der Waals surface area contributed by atoms with E-state index in [0.717, 1.165) is 38.3 Å². The number of pyridine rings is 1. The molecule has 0 amide bonds. The highest BCUT2D eigenvalue weighted by atomic mass is 15.2. The first-order valence-electron chi connectivity index (χ1n) is 7.28. The van der Waals surface area contributed by atoms with Gasteiger partial charge >= 0.3 is 0 Å².